The molecule has 2 rings (SSSR count). The molecule has 6 nitrogen and oxygen atoms in total. The Bertz CT molecular complexity index is 756. The van der Waals surface area contributed by atoms with Gasteiger partial charge in [0.05, 0.1) is 21.8 Å². The fraction of sp³-hybridized carbons (Fsp3) is 0. The molecule has 0 amide bonds. The monoisotopic (exact) mass is 292 g/mol. The zero-order valence-corrected chi connectivity index (χ0v) is 11.1. The molecule has 7 heteroatoms. The Morgan fingerprint density at radius 3 is 2.45 bits per heavy atom. The first-order chi connectivity index (χ1) is 9.40. The van der Waals surface area contributed by atoms with E-state index in [1.807, 2.05) is 0 Å². The minimum atomic E-state index is -3.89. The molecule has 104 valence electrons. The summed E-state index contributed by atoms with van der Waals surface area (Å²) in [5.41, 5.74) is 6.09. The van der Waals surface area contributed by atoms with Crippen LogP contribution in [0.25, 0.3) is 0 Å². The van der Waals surface area contributed by atoms with Crippen LogP contribution in [0.15, 0.2) is 53.4 Å². The second kappa shape index (κ2) is 5.22. The number of anilines is 2. The van der Waals surface area contributed by atoms with Crippen molar-refractivity contribution in [2.45, 2.75) is 4.90 Å². The summed E-state index contributed by atoms with van der Waals surface area (Å²) in [6, 6.07) is 11.5. The van der Waals surface area contributed by atoms with E-state index in [4.69, 9.17) is 10.8 Å². The van der Waals surface area contributed by atoms with Crippen LogP contribution in [0.5, 0.6) is 0 Å². The summed E-state index contributed by atoms with van der Waals surface area (Å²) >= 11 is 0. The maximum atomic E-state index is 12.2. The van der Waals surface area contributed by atoms with Crippen molar-refractivity contribution in [2.75, 3.05) is 10.5 Å². The Morgan fingerprint density at radius 2 is 1.80 bits per heavy atom. The van der Waals surface area contributed by atoms with E-state index in [0.717, 1.165) is 6.07 Å². The number of carboxylic acid groups (broad SMARTS) is 1. The molecule has 0 atom stereocenters. The normalized spacial score (nSPS) is 11.0. The molecule has 0 radical (unpaired) electrons. The van der Waals surface area contributed by atoms with E-state index < -0.39 is 16.0 Å². The maximum absolute atomic E-state index is 12.2. The fourth-order valence-corrected chi connectivity index (χ4v) is 2.72. The van der Waals surface area contributed by atoms with Gasteiger partial charge in [-0.15, -0.1) is 0 Å². The van der Waals surface area contributed by atoms with E-state index in [9.17, 15) is 13.2 Å². The predicted molar refractivity (Wildman–Crippen MR) is 75.1 cm³/mol. The lowest BCUT2D eigenvalue weighted by Gasteiger charge is -2.10. The van der Waals surface area contributed by atoms with Crippen LogP contribution in [-0.4, -0.2) is 19.5 Å². The van der Waals surface area contributed by atoms with Crippen LogP contribution < -0.4 is 10.5 Å². The first kappa shape index (κ1) is 13.9. The van der Waals surface area contributed by atoms with E-state index in [2.05, 4.69) is 4.72 Å². The number of carbonyl (C=O) groups is 1. The third kappa shape index (κ3) is 2.89. The van der Waals surface area contributed by atoms with Gasteiger partial charge in [-0.2, -0.15) is 0 Å². The van der Waals surface area contributed by atoms with Crippen LogP contribution in [0, 0.1) is 0 Å². The van der Waals surface area contributed by atoms with Gasteiger partial charge in [0.15, 0.2) is 0 Å². The number of rotatable bonds is 4. The number of benzene rings is 2. The molecule has 0 aromatic heterocycles. The zero-order chi connectivity index (χ0) is 14.8. The molecule has 0 saturated carbocycles. The van der Waals surface area contributed by atoms with Crippen molar-refractivity contribution in [3.63, 3.8) is 0 Å². The number of carboxylic acids is 1. The molecular formula is C13H12N2O4S. The number of nitrogen functional groups attached to an aromatic ring is 1. The van der Waals surface area contributed by atoms with E-state index in [1.165, 1.54) is 24.3 Å². The minimum absolute atomic E-state index is 0.103. The Balaban J connectivity index is 2.38. The average Bonchev–Trinajstić information content (AvgIpc) is 2.41. The van der Waals surface area contributed by atoms with Crippen LogP contribution in [0.4, 0.5) is 11.4 Å². The summed E-state index contributed by atoms with van der Waals surface area (Å²) in [6.45, 7) is 0. The highest BCUT2D eigenvalue weighted by Crippen LogP contribution is 2.22. The van der Waals surface area contributed by atoms with Gasteiger partial charge in [0.25, 0.3) is 10.0 Å². The van der Waals surface area contributed by atoms with E-state index >= 15 is 0 Å². The highest BCUT2D eigenvalue weighted by atomic mass is 32.2. The minimum Gasteiger partial charge on any atom is -0.478 e. The second-order valence-electron chi connectivity index (χ2n) is 4.03. The van der Waals surface area contributed by atoms with Gasteiger partial charge >= 0.3 is 5.97 Å². The van der Waals surface area contributed by atoms with Crippen LogP contribution in [0.2, 0.25) is 0 Å². The summed E-state index contributed by atoms with van der Waals surface area (Å²) in [5, 5.41) is 8.87. The summed E-state index contributed by atoms with van der Waals surface area (Å²) in [6.07, 6.45) is 0. The quantitative estimate of drug-likeness (QED) is 0.744. The molecule has 0 aliphatic heterocycles. The summed E-state index contributed by atoms with van der Waals surface area (Å²) in [5.74, 6) is -1.19. The summed E-state index contributed by atoms with van der Waals surface area (Å²) in [7, 11) is -3.89. The molecule has 20 heavy (non-hydrogen) atoms. The van der Waals surface area contributed by atoms with Crippen LogP contribution in [-0.2, 0) is 10.0 Å². The van der Waals surface area contributed by atoms with E-state index in [0.29, 0.717) is 0 Å². The van der Waals surface area contributed by atoms with E-state index in [-0.39, 0.29) is 21.8 Å². The number of nitrogens with two attached hydrogens (primary N) is 1. The Kier molecular flexibility index (Phi) is 3.62. The first-order valence-electron chi connectivity index (χ1n) is 5.61. The van der Waals surface area contributed by atoms with Crippen molar-refractivity contribution < 1.29 is 18.3 Å². The standard InChI is InChI=1S/C13H12N2O4S/c14-11-6-1-2-7-12(11)15-20(18,19)10-5-3-4-9(8-10)13(16)17/h1-8,15H,14H2,(H,16,17). The largest absolute Gasteiger partial charge is 0.478 e. The first-order valence-corrected chi connectivity index (χ1v) is 7.09. The number of hydrogen-bond donors (Lipinski definition) is 3. The highest BCUT2D eigenvalue weighted by molar-refractivity contribution is 7.92. The highest BCUT2D eigenvalue weighted by Gasteiger charge is 2.17. The van der Waals surface area contributed by atoms with Crippen molar-refractivity contribution in [3.8, 4) is 0 Å². The second-order valence-corrected chi connectivity index (χ2v) is 5.71. The van der Waals surface area contributed by atoms with Crippen LogP contribution in [0.1, 0.15) is 10.4 Å². The van der Waals surface area contributed by atoms with Gasteiger partial charge in [-0.3, -0.25) is 4.72 Å². The third-order valence-corrected chi connectivity index (χ3v) is 3.96. The number of para-hydroxylation sites is 2. The molecule has 0 aliphatic rings. The molecule has 0 fully saturated rings. The van der Waals surface area contributed by atoms with E-state index in [1.54, 1.807) is 18.2 Å². The van der Waals surface area contributed by atoms with Gasteiger partial charge in [0.2, 0.25) is 0 Å². The SMILES string of the molecule is Nc1ccccc1NS(=O)(=O)c1cccc(C(=O)O)c1. The van der Waals surface area contributed by atoms with Gasteiger partial charge in [-0.25, -0.2) is 13.2 Å². The Hall–Kier alpha value is -2.54. The lowest BCUT2D eigenvalue weighted by molar-refractivity contribution is 0.0696. The van der Waals surface area contributed by atoms with Gasteiger partial charge in [-0.1, -0.05) is 18.2 Å². The average molecular weight is 292 g/mol. The van der Waals surface area contributed by atoms with Crippen LogP contribution in [0.3, 0.4) is 0 Å². The molecule has 0 aliphatic carbocycles. The molecule has 0 unspecified atom stereocenters. The molecule has 2 aromatic rings. The smallest absolute Gasteiger partial charge is 0.335 e. The Labute approximate surface area is 115 Å². The fourth-order valence-electron chi connectivity index (χ4n) is 1.59. The molecule has 0 spiro atoms. The van der Waals surface area contributed by atoms with Crippen molar-refractivity contribution in [1.29, 1.82) is 0 Å². The van der Waals surface area contributed by atoms with Crippen molar-refractivity contribution >= 4 is 27.4 Å². The summed E-state index contributed by atoms with van der Waals surface area (Å²) < 4.78 is 26.7. The third-order valence-electron chi connectivity index (χ3n) is 2.60. The van der Waals surface area contributed by atoms with Crippen LogP contribution >= 0.6 is 0 Å². The van der Waals surface area contributed by atoms with Gasteiger partial charge in [0, 0.05) is 0 Å². The predicted octanol–water partition coefficient (Wildman–Crippen LogP) is 1.77. The van der Waals surface area contributed by atoms with Crippen molar-refractivity contribution in [1.82, 2.24) is 0 Å². The zero-order valence-electron chi connectivity index (χ0n) is 10.3. The lowest BCUT2D eigenvalue weighted by atomic mass is 10.2. The van der Waals surface area contributed by atoms with Gasteiger partial charge in [-0.05, 0) is 30.3 Å². The molecule has 0 bridgehead atoms. The molecule has 4 N–H and O–H groups in total. The van der Waals surface area contributed by atoms with Gasteiger partial charge in [0.1, 0.15) is 0 Å². The number of sulfonamides is 1. The summed E-state index contributed by atoms with van der Waals surface area (Å²) in [4.78, 5) is 10.7. The molecular weight excluding hydrogens is 280 g/mol. The number of nitrogens with one attached hydrogen (secondary N) is 1. The molecule has 0 heterocycles. The van der Waals surface area contributed by atoms with Gasteiger partial charge < -0.3 is 10.8 Å². The maximum Gasteiger partial charge on any atom is 0.335 e. The number of aromatic carboxylic acids is 1. The van der Waals surface area contributed by atoms with Crippen molar-refractivity contribution in [3.05, 3.63) is 54.1 Å². The topological polar surface area (TPSA) is 109 Å². The lowest BCUT2D eigenvalue weighted by Crippen LogP contribution is -2.14. The Morgan fingerprint density at radius 1 is 1.10 bits per heavy atom. The van der Waals surface area contributed by atoms with Crippen molar-refractivity contribution in [2.24, 2.45) is 0 Å². The molecule has 0 saturated heterocycles. The molecule has 2 aromatic carbocycles. The number of hydrogen-bond acceptors (Lipinski definition) is 4.